The number of morpholine rings is 1. The lowest BCUT2D eigenvalue weighted by atomic mass is 10.2. The molecule has 0 spiro atoms. The Kier molecular flexibility index (Phi) is 9.89. The molecule has 1 aliphatic heterocycles. The summed E-state index contributed by atoms with van der Waals surface area (Å²) in [5, 5.41) is 25.3. The van der Waals surface area contributed by atoms with Crippen molar-refractivity contribution in [3.63, 3.8) is 0 Å². The number of hydrogen-bond donors (Lipinski definition) is 2. The van der Waals surface area contributed by atoms with Crippen molar-refractivity contribution in [1.29, 1.82) is 0 Å². The summed E-state index contributed by atoms with van der Waals surface area (Å²) in [7, 11) is 0. The van der Waals surface area contributed by atoms with Crippen LogP contribution < -0.4 is 4.74 Å². The average Bonchev–Trinajstić information content (AvgIpc) is 2.61. The molecule has 0 amide bonds. The quantitative estimate of drug-likeness (QED) is 0.305. The third kappa shape index (κ3) is 9.28. The third-order valence-corrected chi connectivity index (χ3v) is 3.86. The van der Waals surface area contributed by atoms with E-state index in [4.69, 9.17) is 29.3 Å². The van der Waals surface area contributed by atoms with E-state index in [-0.39, 0.29) is 5.69 Å². The number of nitrogens with zero attached hydrogens (tertiary/aromatic N) is 2. The van der Waals surface area contributed by atoms with Crippen molar-refractivity contribution in [3.8, 4) is 5.75 Å². The number of hydrogen-bond acceptors (Lipinski definition) is 7. The lowest BCUT2D eigenvalue weighted by Gasteiger charge is -2.35. The van der Waals surface area contributed by atoms with Crippen LogP contribution in [0.3, 0.4) is 0 Å². The fraction of sp³-hybridized carbons (Fsp3) is 0.556. The maximum Gasteiger partial charge on any atom is 0.414 e. The number of nitro groups is 1. The summed E-state index contributed by atoms with van der Waals surface area (Å²) in [6.45, 7) is 7.90. The van der Waals surface area contributed by atoms with Crippen molar-refractivity contribution >= 4 is 17.6 Å². The molecule has 1 aromatic carbocycles. The Labute approximate surface area is 162 Å². The average molecular weight is 398 g/mol. The molecule has 1 saturated heterocycles. The molecule has 0 aromatic heterocycles. The van der Waals surface area contributed by atoms with Crippen molar-refractivity contribution in [3.05, 3.63) is 34.4 Å². The van der Waals surface area contributed by atoms with Crippen molar-refractivity contribution < 1.29 is 34.2 Å². The Morgan fingerprint density at radius 1 is 1.14 bits per heavy atom. The van der Waals surface area contributed by atoms with E-state index < -0.39 is 16.9 Å². The van der Waals surface area contributed by atoms with E-state index in [9.17, 15) is 10.1 Å². The minimum absolute atomic E-state index is 0.0860. The summed E-state index contributed by atoms with van der Waals surface area (Å²) in [5.41, 5.74) is 0.0860. The molecule has 156 valence electrons. The molecule has 1 aliphatic rings. The van der Waals surface area contributed by atoms with Gasteiger partial charge in [0, 0.05) is 25.2 Å². The van der Waals surface area contributed by atoms with Gasteiger partial charge in [-0.25, -0.2) is 9.59 Å². The van der Waals surface area contributed by atoms with Gasteiger partial charge in [-0.3, -0.25) is 15.0 Å². The van der Waals surface area contributed by atoms with Crippen LogP contribution in [0.4, 0.5) is 5.69 Å². The monoisotopic (exact) mass is 398 g/mol. The highest BCUT2D eigenvalue weighted by Crippen LogP contribution is 2.17. The predicted octanol–water partition coefficient (Wildman–Crippen LogP) is 2.02. The zero-order chi connectivity index (χ0) is 21.1. The van der Waals surface area contributed by atoms with Gasteiger partial charge in [-0.05, 0) is 45.4 Å². The molecular weight excluding hydrogens is 372 g/mol. The van der Waals surface area contributed by atoms with E-state index in [0.29, 0.717) is 24.6 Å². The van der Waals surface area contributed by atoms with E-state index in [2.05, 4.69) is 18.7 Å². The van der Waals surface area contributed by atoms with Gasteiger partial charge in [0.2, 0.25) is 0 Å². The van der Waals surface area contributed by atoms with Gasteiger partial charge in [0.05, 0.1) is 23.7 Å². The van der Waals surface area contributed by atoms with Crippen LogP contribution in [0.5, 0.6) is 5.75 Å². The summed E-state index contributed by atoms with van der Waals surface area (Å²) < 4.78 is 11.3. The molecule has 2 unspecified atom stereocenters. The molecule has 1 aromatic rings. The topological polar surface area (TPSA) is 139 Å². The van der Waals surface area contributed by atoms with E-state index in [1.165, 1.54) is 12.1 Å². The van der Waals surface area contributed by atoms with Gasteiger partial charge in [0.25, 0.3) is 5.69 Å². The molecule has 28 heavy (non-hydrogen) atoms. The van der Waals surface area contributed by atoms with E-state index in [1.807, 2.05) is 0 Å². The summed E-state index contributed by atoms with van der Waals surface area (Å²) >= 11 is 0. The molecule has 10 heteroatoms. The van der Waals surface area contributed by atoms with Gasteiger partial charge in [0.1, 0.15) is 5.75 Å². The zero-order valence-electron chi connectivity index (χ0n) is 15.9. The van der Waals surface area contributed by atoms with E-state index in [0.717, 1.165) is 32.5 Å². The molecule has 2 rings (SSSR count). The first-order valence-electron chi connectivity index (χ1n) is 8.90. The Balaban J connectivity index is 0.000000568. The highest BCUT2D eigenvalue weighted by molar-refractivity contribution is 6.27. The van der Waals surface area contributed by atoms with Crippen molar-refractivity contribution in [2.75, 3.05) is 26.2 Å². The first-order chi connectivity index (χ1) is 13.2. The van der Waals surface area contributed by atoms with Gasteiger partial charge >= 0.3 is 11.9 Å². The van der Waals surface area contributed by atoms with Gasteiger partial charge in [-0.15, -0.1) is 0 Å². The molecule has 10 nitrogen and oxygen atoms in total. The number of nitro benzene ring substituents is 1. The van der Waals surface area contributed by atoms with Crippen LogP contribution in [0.2, 0.25) is 0 Å². The number of ether oxygens (including phenoxy) is 2. The van der Waals surface area contributed by atoms with Crippen LogP contribution in [0.15, 0.2) is 24.3 Å². The largest absolute Gasteiger partial charge is 0.494 e. The summed E-state index contributed by atoms with van der Waals surface area (Å²) in [5.74, 6) is -2.97. The molecule has 2 N–H and O–H groups in total. The summed E-state index contributed by atoms with van der Waals surface area (Å²) in [6.07, 6.45) is 2.66. The van der Waals surface area contributed by atoms with Crippen molar-refractivity contribution in [2.24, 2.45) is 0 Å². The number of aliphatic carboxylic acids is 2. The zero-order valence-corrected chi connectivity index (χ0v) is 15.9. The summed E-state index contributed by atoms with van der Waals surface area (Å²) in [6, 6.07) is 6.21. The predicted molar refractivity (Wildman–Crippen MR) is 99.5 cm³/mol. The number of carboxylic acid groups (broad SMARTS) is 2. The second kappa shape index (κ2) is 11.9. The molecule has 0 radical (unpaired) electrons. The maximum absolute atomic E-state index is 10.6. The standard InChI is InChI=1S/C16H24N2O4.C2H2O4/c1-13-11-17(12-14(2)22-13)9-3-4-10-21-16-7-5-15(6-8-16)18(19)20;3-1(4)2(5)6/h5-8,13-14H,3-4,9-12H2,1-2H3;(H,3,4)(H,5,6). The second-order valence-corrected chi connectivity index (χ2v) is 6.43. The fourth-order valence-corrected chi connectivity index (χ4v) is 2.76. The molecule has 0 bridgehead atoms. The first-order valence-corrected chi connectivity index (χ1v) is 8.90. The number of unbranched alkanes of at least 4 members (excludes halogenated alkanes) is 1. The number of carbonyl (C=O) groups is 2. The summed E-state index contributed by atoms with van der Waals surface area (Å²) in [4.78, 5) is 30.8. The second-order valence-electron chi connectivity index (χ2n) is 6.43. The highest BCUT2D eigenvalue weighted by Gasteiger charge is 2.21. The van der Waals surface area contributed by atoms with E-state index in [1.54, 1.807) is 12.1 Å². The minimum Gasteiger partial charge on any atom is -0.494 e. The molecular formula is C18H26N2O8. The normalized spacial score (nSPS) is 19.2. The Morgan fingerprint density at radius 2 is 1.68 bits per heavy atom. The van der Waals surface area contributed by atoms with Crippen LogP contribution >= 0.6 is 0 Å². The fourth-order valence-electron chi connectivity index (χ4n) is 2.76. The van der Waals surface area contributed by atoms with Gasteiger partial charge in [-0.2, -0.15) is 0 Å². The van der Waals surface area contributed by atoms with Gasteiger partial charge in [-0.1, -0.05) is 0 Å². The molecule has 0 saturated carbocycles. The molecule has 0 aliphatic carbocycles. The molecule has 1 fully saturated rings. The number of non-ortho nitro benzene ring substituents is 1. The van der Waals surface area contributed by atoms with Crippen molar-refractivity contribution in [2.45, 2.75) is 38.9 Å². The molecule has 1 heterocycles. The van der Waals surface area contributed by atoms with Crippen LogP contribution in [0.25, 0.3) is 0 Å². The Hall–Kier alpha value is -2.72. The van der Waals surface area contributed by atoms with Gasteiger partial charge in [0.15, 0.2) is 0 Å². The van der Waals surface area contributed by atoms with Crippen LogP contribution in [-0.4, -0.2) is 70.4 Å². The lowest BCUT2D eigenvalue weighted by Crippen LogP contribution is -2.45. The lowest BCUT2D eigenvalue weighted by molar-refractivity contribution is -0.384. The third-order valence-electron chi connectivity index (χ3n) is 3.86. The van der Waals surface area contributed by atoms with Crippen LogP contribution in [-0.2, 0) is 14.3 Å². The minimum atomic E-state index is -1.82. The van der Waals surface area contributed by atoms with E-state index >= 15 is 0 Å². The van der Waals surface area contributed by atoms with Crippen LogP contribution in [0.1, 0.15) is 26.7 Å². The van der Waals surface area contributed by atoms with Crippen LogP contribution in [0, 0.1) is 10.1 Å². The smallest absolute Gasteiger partial charge is 0.414 e. The highest BCUT2D eigenvalue weighted by atomic mass is 16.6. The SMILES string of the molecule is CC1CN(CCCCOc2ccc([N+](=O)[O-])cc2)CC(C)O1.O=C(O)C(=O)O. The van der Waals surface area contributed by atoms with Crippen molar-refractivity contribution in [1.82, 2.24) is 4.90 Å². The molecule has 2 atom stereocenters. The van der Waals surface area contributed by atoms with Gasteiger partial charge < -0.3 is 19.7 Å². The number of rotatable bonds is 7. The maximum atomic E-state index is 10.6. The Morgan fingerprint density at radius 3 is 2.14 bits per heavy atom. The number of carboxylic acids is 2. The Bertz CT molecular complexity index is 627. The first kappa shape index (κ1) is 23.3. The number of benzene rings is 1.